The maximum Gasteiger partial charge on any atom is 0.0657 e. The van der Waals surface area contributed by atoms with Crippen molar-refractivity contribution in [2.75, 3.05) is 5.32 Å². The van der Waals surface area contributed by atoms with Gasteiger partial charge >= 0.3 is 0 Å². The highest BCUT2D eigenvalue weighted by Crippen LogP contribution is 2.18. The second-order valence-electron chi connectivity index (χ2n) is 3.76. The third kappa shape index (κ3) is 2.37. The second-order valence-corrected chi connectivity index (χ2v) is 3.76. The summed E-state index contributed by atoms with van der Waals surface area (Å²) in [6, 6.07) is 10.1. The monoisotopic (exact) mass is 213 g/mol. The van der Waals surface area contributed by atoms with Crippen molar-refractivity contribution in [2.45, 2.75) is 19.9 Å². The quantitative estimate of drug-likeness (QED) is 0.851. The van der Waals surface area contributed by atoms with Crippen LogP contribution in [0, 0.1) is 6.92 Å². The molecule has 16 heavy (non-hydrogen) atoms. The smallest absolute Gasteiger partial charge is 0.0657 e. The summed E-state index contributed by atoms with van der Waals surface area (Å²) in [5.41, 5.74) is 3.09. The van der Waals surface area contributed by atoms with Crippen molar-refractivity contribution >= 4 is 5.69 Å². The molecule has 0 radical (unpaired) electrons. The molecule has 2 aromatic rings. The van der Waals surface area contributed by atoms with Gasteiger partial charge in [-0.1, -0.05) is 6.07 Å². The summed E-state index contributed by atoms with van der Waals surface area (Å²) < 4.78 is 0. The average Bonchev–Trinajstić information content (AvgIpc) is 2.33. The van der Waals surface area contributed by atoms with Gasteiger partial charge in [-0.3, -0.25) is 9.97 Å². The number of nitrogens with zero attached hydrogens (tertiary/aromatic N) is 2. The van der Waals surface area contributed by atoms with Crippen LogP contribution in [0.2, 0.25) is 0 Å². The van der Waals surface area contributed by atoms with Crippen molar-refractivity contribution in [1.82, 2.24) is 9.97 Å². The molecule has 0 bridgehead atoms. The van der Waals surface area contributed by atoms with Gasteiger partial charge in [0.25, 0.3) is 0 Å². The standard InChI is InChI=1S/C13H15N3/c1-10-13(7-5-9-14-10)16-11(2)12-6-3-4-8-15-12/h3-9,11,16H,1-2H3. The van der Waals surface area contributed by atoms with E-state index in [-0.39, 0.29) is 6.04 Å². The number of nitrogens with one attached hydrogen (secondary N) is 1. The maximum absolute atomic E-state index is 4.32. The lowest BCUT2D eigenvalue weighted by Crippen LogP contribution is -2.09. The minimum Gasteiger partial charge on any atom is -0.375 e. The highest BCUT2D eigenvalue weighted by atomic mass is 15.0. The fraction of sp³-hybridized carbons (Fsp3) is 0.231. The van der Waals surface area contributed by atoms with Crippen molar-refractivity contribution in [1.29, 1.82) is 0 Å². The van der Waals surface area contributed by atoms with Crippen molar-refractivity contribution in [3.63, 3.8) is 0 Å². The third-order valence-electron chi connectivity index (χ3n) is 2.51. The van der Waals surface area contributed by atoms with Crippen LogP contribution in [0.5, 0.6) is 0 Å². The van der Waals surface area contributed by atoms with Crippen molar-refractivity contribution in [2.24, 2.45) is 0 Å². The number of hydrogen-bond donors (Lipinski definition) is 1. The molecule has 0 aromatic carbocycles. The first-order valence-corrected chi connectivity index (χ1v) is 5.36. The van der Waals surface area contributed by atoms with Crippen LogP contribution in [-0.2, 0) is 0 Å². The molecular formula is C13H15N3. The molecule has 0 spiro atoms. The summed E-state index contributed by atoms with van der Waals surface area (Å²) in [5.74, 6) is 0. The summed E-state index contributed by atoms with van der Waals surface area (Å²) in [6.07, 6.45) is 3.61. The van der Waals surface area contributed by atoms with E-state index in [1.165, 1.54) is 0 Å². The fourth-order valence-corrected chi connectivity index (χ4v) is 1.58. The van der Waals surface area contributed by atoms with Gasteiger partial charge in [0.1, 0.15) is 0 Å². The molecule has 1 unspecified atom stereocenters. The number of hydrogen-bond acceptors (Lipinski definition) is 3. The van der Waals surface area contributed by atoms with Gasteiger partial charge in [-0.05, 0) is 38.1 Å². The summed E-state index contributed by atoms with van der Waals surface area (Å²) >= 11 is 0. The van der Waals surface area contributed by atoms with Crippen molar-refractivity contribution in [3.8, 4) is 0 Å². The van der Waals surface area contributed by atoms with Gasteiger partial charge in [-0.2, -0.15) is 0 Å². The zero-order chi connectivity index (χ0) is 11.4. The molecule has 0 amide bonds. The van der Waals surface area contributed by atoms with E-state index in [0.717, 1.165) is 17.1 Å². The Kier molecular flexibility index (Phi) is 3.15. The summed E-state index contributed by atoms with van der Waals surface area (Å²) in [4.78, 5) is 8.56. The number of pyridine rings is 2. The van der Waals surface area contributed by atoms with Gasteiger partial charge in [0.05, 0.1) is 23.1 Å². The molecule has 3 heteroatoms. The lowest BCUT2D eigenvalue weighted by molar-refractivity contribution is 0.835. The molecule has 0 saturated carbocycles. The molecule has 2 heterocycles. The number of aryl methyl sites for hydroxylation is 1. The molecule has 1 N–H and O–H groups in total. The zero-order valence-corrected chi connectivity index (χ0v) is 9.51. The Morgan fingerprint density at radius 3 is 2.56 bits per heavy atom. The molecule has 82 valence electrons. The van der Waals surface area contributed by atoms with Crippen LogP contribution in [0.15, 0.2) is 42.7 Å². The minimum absolute atomic E-state index is 0.184. The van der Waals surface area contributed by atoms with E-state index in [4.69, 9.17) is 0 Å². The Hall–Kier alpha value is -1.90. The van der Waals surface area contributed by atoms with Crippen LogP contribution >= 0.6 is 0 Å². The molecule has 3 nitrogen and oxygen atoms in total. The van der Waals surface area contributed by atoms with Gasteiger partial charge < -0.3 is 5.32 Å². The van der Waals surface area contributed by atoms with Crippen LogP contribution in [0.25, 0.3) is 0 Å². The minimum atomic E-state index is 0.184. The van der Waals surface area contributed by atoms with E-state index in [1.54, 1.807) is 6.20 Å². The highest BCUT2D eigenvalue weighted by Gasteiger charge is 2.07. The predicted molar refractivity (Wildman–Crippen MR) is 65.2 cm³/mol. The van der Waals surface area contributed by atoms with E-state index in [1.807, 2.05) is 43.5 Å². The molecule has 0 aliphatic carbocycles. The SMILES string of the molecule is Cc1ncccc1NC(C)c1ccccn1. The van der Waals surface area contributed by atoms with Gasteiger partial charge in [0.15, 0.2) is 0 Å². The summed E-state index contributed by atoms with van der Waals surface area (Å²) in [7, 11) is 0. The Balaban J connectivity index is 2.14. The van der Waals surface area contributed by atoms with Crippen LogP contribution in [-0.4, -0.2) is 9.97 Å². The molecular weight excluding hydrogens is 198 g/mol. The number of rotatable bonds is 3. The first-order valence-electron chi connectivity index (χ1n) is 5.36. The molecule has 0 saturated heterocycles. The average molecular weight is 213 g/mol. The van der Waals surface area contributed by atoms with Gasteiger partial charge in [-0.15, -0.1) is 0 Å². The lowest BCUT2D eigenvalue weighted by atomic mass is 10.2. The summed E-state index contributed by atoms with van der Waals surface area (Å²) in [6.45, 7) is 4.09. The molecule has 1 atom stereocenters. The van der Waals surface area contributed by atoms with E-state index in [0.29, 0.717) is 0 Å². The molecule has 2 rings (SSSR count). The topological polar surface area (TPSA) is 37.8 Å². The van der Waals surface area contributed by atoms with Crippen molar-refractivity contribution in [3.05, 3.63) is 54.1 Å². The molecule has 0 fully saturated rings. The van der Waals surface area contributed by atoms with Crippen LogP contribution < -0.4 is 5.32 Å². The number of anilines is 1. The first-order chi connectivity index (χ1) is 7.77. The van der Waals surface area contributed by atoms with Crippen LogP contribution in [0.4, 0.5) is 5.69 Å². The predicted octanol–water partition coefficient (Wildman–Crippen LogP) is 2.96. The first kappa shape index (κ1) is 10.6. The largest absolute Gasteiger partial charge is 0.375 e. The van der Waals surface area contributed by atoms with E-state index in [9.17, 15) is 0 Å². The summed E-state index contributed by atoms with van der Waals surface area (Å²) in [5, 5.41) is 3.40. The normalized spacial score (nSPS) is 12.1. The molecule has 0 aliphatic heterocycles. The Labute approximate surface area is 95.6 Å². The molecule has 2 aromatic heterocycles. The van der Waals surface area contributed by atoms with Gasteiger partial charge in [0.2, 0.25) is 0 Å². The Morgan fingerprint density at radius 2 is 1.88 bits per heavy atom. The molecule has 0 aliphatic rings. The maximum atomic E-state index is 4.32. The fourth-order valence-electron chi connectivity index (χ4n) is 1.58. The lowest BCUT2D eigenvalue weighted by Gasteiger charge is -2.15. The van der Waals surface area contributed by atoms with E-state index < -0.39 is 0 Å². The van der Waals surface area contributed by atoms with E-state index in [2.05, 4.69) is 22.2 Å². The van der Waals surface area contributed by atoms with Crippen molar-refractivity contribution < 1.29 is 0 Å². The van der Waals surface area contributed by atoms with Gasteiger partial charge in [0, 0.05) is 12.4 Å². The van der Waals surface area contributed by atoms with Gasteiger partial charge in [-0.25, -0.2) is 0 Å². The van der Waals surface area contributed by atoms with E-state index >= 15 is 0 Å². The Bertz CT molecular complexity index is 454. The van der Waals surface area contributed by atoms with Crippen LogP contribution in [0.1, 0.15) is 24.4 Å². The third-order valence-corrected chi connectivity index (χ3v) is 2.51. The van der Waals surface area contributed by atoms with Crippen LogP contribution in [0.3, 0.4) is 0 Å². The number of aromatic nitrogens is 2. The zero-order valence-electron chi connectivity index (χ0n) is 9.51. The highest BCUT2D eigenvalue weighted by molar-refractivity contribution is 5.48. The second kappa shape index (κ2) is 4.75. The Morgan fingerprint density at radius 1 is 1.06 bits per heavy atom.